The van der Waals surface area contributed by atoms with E-state index in [1.165, 1.54) is 6.33 Å². The van der Waals surface area contributed by atoms with E-state index in [1.807, 2.05) is 0 Å². The Hall–Kier alpha value is -1.36. The quantitative estimate of drug-likeness (QED) is 0.858. The number of hydrogen-bond donors (Lipinski definition) is 2. The second-order valence-electron chi connectivity index (χ2n) is 5.38. The Morgan fingerprint density at radius 2 is 2.28 bits per heavy atom. The molecule has 0 spiro atoms. The van der Waals surface area contributed by atoms with Gasteiger partial charge in [-0.25, -0.2) is 9.97 Å². The molecular formula is C13H22N4O. The van der Waals surface area contributed by atoms with Crippen LogP contribution in [0.1, 0.15) is 39.2 Å². The van der Waals surface area contributed by atoms with Gasteiger partial charge in [0, 0.05) is 18.2 Å². The second kappa shape index (κ2) is 5.10. The fourth-order valence-corrected chi connectivity index (χ4v) is 2.45. The van der Waals surface area contributed by atoms with Gasteiger partial charge in [-0.15, -0.1) is 0 Å². The zero-order valence-electron chi connectivity index (χ0n) is 11.4. The molecule has 1 saturated heterocycles. The van der Waals surface area contributed by atoms with Gasteiger partial charge >= 0.3 is 0 Å². The molecule has 3 N–H and O–H groups in total. The first-order chi connectivity index (χ1) is 8.52. The number of nitrogen functional groups attached to an aromatic ring is 1. The van der Waals surface area contributed by atoms with Crippen molar-refractivity contribution in [3.8, 4) is 0 Å². The van der Waals surface area contributed by atoms with Crippen LogP contribution < -0.4 is 11.1 Å². The van der Waals surface area contributed by atoms with Crippen molar-refractivity contribution in [3.63, 3.8) is 0 Å². The highest BCUT2D eigenvalue weighted by molar-refractivity contribution is 5.55. The average molecular weight is 250 g/mol. The molecule has 1 fully saturated rings. The molecule has 100 valence electrons. The molecule has 0 aromatic carbocycles. The Balaban J connectivity index is 2.12. The van der Waals surface area contributed by atoms with E-state index in [0.29, 0.717) is 11.9 Å². The Labute approximate surface area is 108 Å². The summed E-state index contributed by atoms with van der Waals surface area (Å²) in [6.07, 6.45) is 4.32. The molecule has 0 aliphatic carbocycles. The summed E-state index contributed by atoms with van der Waals surface area (Å²) in [5.41, 5.74) is 6.81. The molecule has 2 rings (SSSR count). The van der Waals surface area contributed by atoms with Crippen molar-refractivity contribution < 1.29 is 4.74 Å². The molecule has 5 heteroatoms. The fraction of sp³-hybridized carbons (Fsp3) is 0.692. The predicted octanol–water partition coefficient (Wildman–Crippen LogP) is 1.99. The van der Waals surface area contributed by atoms with Gasteiger partial charge in [-0.05, 0) is 33.1 Å². The lowest BCUT2D eigenvalue weighted by molar-refractivity contribution is -0.0553. The summed E-state index contributed by atoms with van der Waals surface area (Å²) in [5, 5.41) is 3.49. The zero-order chi connectivity index (χ0) is 13.2. The number of rotatable bonds is 3. The number of nitrogens with two attached hydrogens (primary N) is 1. The Morgan fingerprint density at radius 3 is 2.94 bits per heavy atom. The molecule has 0 bridgehead atoms. The van der Waals surface area contributed by atoms with Crippen LogP contribution in [0, 0.1) is 0 Å². The van der Waals surface area contributed by atoms with Crippen LogP contribution in [-0.2, 0) is 11.2 Å². The van der Waals surface area contributed by atoms with Crippen LogP contribution in [-0.4, -0.2) is 28.2 Å². The van der Waals surface area contributed by atoms with Crippen molar-refractivity contribution in [2.75, 3.05) is 17.7 Å². The van der Waals surface area contributed by atoms with Gasteiger partial charge in [0.2, 0.25) is 0 Å². The molecule has 18 heavy (non-hydrogen) atoms. The molecule has 1 aromatic rings. The van der Waals surface area contributed by atoms with E-state index in [-0.39, 0.29) is 5.60 Å². The molecule has 5 nitrogen and oxygen atoms in total. The molecule has 0 radical (unpaired) electrons. The summed E-state index contributed by atoms with van der Waals surface area (Å²) in [7, 11) is 0. The molecule has 1 atom stereocenters. The van der Waals surface area contributed by atoms with E-state index in [4.69, 9.17) is 10.5 Å². The Morgan fingerprint density at radius 1 is 1.50 bits per heavy atom. The van der Waals surface area contributed by atoms with Crippen LogP contribution in [0.4, 0.5) is 11.6 Å². The maximum atomic E-state index is 5.87. The van der Waals surface area contributed by atoms with E-state index in [0.717, 1.165) is 37.3 Å². The number of hydrogen-bond acceptors (Lipinski definition) is 5. The van der Waals surface area contributed by atoms with Gasteiger partial charge in [0.25, 0.3) is 0 Å². The van der Waals surface area contributed by atoms with Gasteiger partial charge in [0.15, 0.2) is 0 Å². The van der Waals surface area contributed by atoms with Gasteiger partial charge in [-0.1, -0.05) is 6.92 Å². The topological polar surface area (TPSA) is 73.1 Å². The van der Waals surface area contributed by atoms with Gasteiger partial charge < -0.3 is 15.8 Å². The van der Waals surface area contributed by atoms with Crippen LogP contribution in [0.3, 0.4) is 0 Å². The molecule has 1 aliphatic rings. The minimum absolute atomic E-state index is 0.0686. The van der Waals surface area contributed by atoms with Crippen molar-refractivity contribution in [1.29, 1.82) is 0 Å². The highest BCUT2D eigenvalue weighted by Crippen LogP contribution is 2.27. The maximum Gasteiger partial charge on any atom is 0.134 e. The SMILES string of the molecule is CCc1c(N)ncnc1NC1CCOC(C)(C)C1. The van der Waals surface area contributed by atoms with E-state index < -0.39 is 0 Å². The number of anilines is 2. The standard InChI is InChI=1S/C13H22N4O/c1-4-10-11(14)15-8-16-12(10)17-9-5-6-18-13(2,3)7-9/h8-9H,4-7H2,1-3H3,(H3,14,15,16,17). The summed E-state index contributed by atoms with van der Waals surface area (Å²) in [5.74, 6) is 1.44. The van der Waals surface area contributed by atoms with E-state index in [1.54, 1.807) is 0 Å². The number of nitrogens with zero attached hydrogens (tertiary/aromatic N) is 2. The third kappa shape index (κ3) is 2.90. The molecule has 2 heterocycles. The van der Waals surface area contributed by atoms with Crippen LogP contribution in [0.15, 0.2) is 6.33 Å². The Kier molecular flexibility index (Phi) is 3.71. The summed E-state index contributed by atoms with van der Waals surface area (Å²) in [4.78, 5) is 8.34. The lowest BCUT2D eigenvalue weighted by atomic mass is 9.94. The average Bonchev–Trinajstić information content (AvgIpc) is 2.28. The molecule has 1 aromatic heterocycles. The van der Waals surface area contributed by atoms with Gasteiger partial charge in [0.1, 0.15) is 18.0 Å². The minimum Gasteiger partial charge on any atom is -0.383 e. The summed E-state index contributed by atoms with van der Waals surface area (Å²) in [6, 6.07) is 0.383. The summed E-state index contributed by atoms with van der Waals surface area (Å²) in [6.45, 7) is 7.09. The second-order valence-corrected chi connectivity index (χ2v) is 5.38. The molecule has 0 amide bonds. The smallest absolute Gasteiger partial charge is 0.134 e. The minimum atomic E-state index is -0.0686. The third-order valence-electron chi connectivity index (χ3n) is 3.37. The monoisotopic (exact) mass is 250 g/mol. The van der Waals surface area contributed by atoms with Gasteiger partial charge in [0.05, 0.1) is 5.60 Å². The normalized spacial score (nSPS) is 22.7. The fourth-order valence-electron chi connectivity index (χ4n) is 2.45. The summed E-state index contributed by atoms with van der Waals surface area (Å²) >= 11 is 0. The van der Waals surface area contributed by atoms with Gasteiger partial charge in [-0.2, -0.15) is 0 Å². The Bertz CT molecular complexity index is 419. The molecule has 0 saturated carbocycles. The lowest BCUT2D eigenvalue weighted by Gasteiger charge is -2.36. The van der Waals surface area contributed by atoms with Crippen LogP contribution >= 0.6 is 0 Å². The predicted molar refractivity (Wildman–Crippen MR) is 72.5 cm³/mol. The van der Waals surface area contributed by atoms with Crippen molar-refractivity contribution in [1.82, 2.24) is 9.97 Å². The van der Waals surface area contributed by atoms with Crippen LogP contribution in [0.5, 0.6) is 0 Å². The van der Waals surface area contributed by atoms with Crippen LogP contribution in [0.2, 0.25) is 0 Å². The number of aromatic nitrogens is 2. The van der Waals surface area contributed by atoms with Crippen molar-refractivity contribution in [3.05, 3.63) is 11.9 Å². The van der Waals surface area contributed by atoms with E-state index in [9.17, 15) is 0 Å². The first-order valence-corrected chi connectivity index (χ1v) is 6.51. The lowest BCUT2D eigenvalue weighted by Crippen LogP contribution is -2.40. The van der Waals surface area contributed by atoms with Gasteiger partial charge in [-0.3, -0.25) is 0 Å². The number of ether oxygens (including phenoxy) is 1. The van der Waals surface area contributed by atoms with Crippen molar-refractivity contribution >= 4 is 11.6 Å². The first-order valence-electron chi connectivity index (χ1n) is 6.51. The maximum absolute atomic E-state index is 5.87. The van der Waals surface area contributed by atoms with E-state index >= 15 is 0 Å². The molecule has 1 unspecified atom stereocenters. The van der Waals surface area contributed by atoms with E-state index in [2.05, 4.69) is 36.1 Å². The highest BCUT2D eigenvalue weighted by Gasteiger charge is 2.29. The first kappa shape index (κ1) is 13.1. The van der Waals surface area contributed by atoms with Crippen molar-refractivity contribution in [2.45, 2.75) is 51.7 Å². The van der Waals surface area contributed by atoms with Crippen molar-refractivity contribution in [2.24, 2.45) is 0 Å². The third-order valence-corrected chi connectivity index (χ3v) is 3.37. The summed E-state index contributed by atoms with van der Waals surface area (Å²) < 4.78 is 5.72. The van der Waals surface area contributed by atoms with Crippen LogP contribution in [0.25, 0.3) is 0 Å². The highest BCUT2D eigenvalue weighted by atomic mass is 16.5. The zero-order valence-corrected chi connectivity index (χ0v) is 11.4. The number of nitrogens with one attached hydrogen (secondary N) is 1. The largest absolute Gasteiger partial charge is 0.383 e. The molecular weight excluding hydrogens is 228 g/mol. The molecule has 1 aliphatic heterocycles.